The normalized spacial score (nSPS) is 12.5. The molecule has 1 amide bonds. The van der Waals surface area contributed by atoms with Gasteiger partial charge in [-0.15, -0.1) is 11.3 Å². The van der Waals surface area contributed by atoms with Gasteiger partial charge >= 0.3 is 0 Å². The van der Waals surface area contributed by atoms with E-state index in [1.165, 1.54) is 17.5 Å². The van der Waals surface area contributed by atoms with Gasteiger partial charge in [-0.2, -0.15) is 0 Å². The van der Waals surface area contributed by atoms with E-state index in [9.17, 15) is 4.79 Å². The van der Waals surface area contributed by atoms with Gasteiger partial charge < -0.3 is 10.4 Å². The standard InChI is InChI=1S/C7H10N2O2S/c1-5(10)2-9-7(11)6-3-8-4-12-6/h3-5,10H,2H2,1H3,(H,9,11)/t5-/m1/s1. The van der Waals surface area contributed by atoms with Gasteiger partial charge in [0.25, 0.3) is 5.91 Å². The van der Waals surface area contributed by atoms with Crippen molar-refractivity contribution in [3.8, 4) is 0 Å². The lowest BCUT2D eigenvalue weighted by atomic mass is 10.4. The molecule has 0 spiro atoms. The molecule has 1 heterocycles. The number of aliphatic hydroxyl groups is 1. The summed E-state index contributed by atoms with van der Waals surface area (Å²) in [5.74, 6) is -0.182. The van der Waals surface area contributed by atoms with Crippen molar-refractivity contribution in [2.75, 3.05) is 6.54 Å². The molecule has 0 aliphatic heterocycles. The summed E-state index contributed by atoms with van der Waals surface area (Å²) in [6, 6.07) is 0. The lowest BCUT2D eigenvalue weighted by Crippen LogP contribution is -2.29. The van der Waals surface area contributed by atoms with E-state index in [4.69, 9.17) is 5.11 Å². The molecule has 12 heavy (non-hydrogen) atoms. The van der Waals surface area contributed by atoms with Crippen LogP contribution < -0.4 is 5.32 Å². The van der Waals surface area contributed by atoms with Gasteiger partial charge in [-0.25, -0.2) is 0 Å². The van der Waals surface area contributed by atoms with Crippen LogP contribution >= 0.6 is 11.3 Å². The molecule has 0 aliphatic carbocycles. The van der Waals surface area contributed by atoms with Gasteiger partial charge in [-0.3, -0.25) is 9.78 Å². The predicted molar refractivity (Wildman–Crippen MR) is 46.1 cm³/mol. The van der Waals surface area contributed by atoms with E-state index in [-0.39, 0.29) is 12.5 Å². The van der Waals surface area contributed by atoms with E-state index in [0.717, 1.165) is 0 Å². The lowest BCUT2D eigenvalue weighted by molar-refractivity contribution is 0.0928. The van der Waals surface area contributed by atoms with Crippen LogP contribution in [0.4, 0.5) is 0 Å². The molecule has 66 valence electrons. The van der Waals surface area contributed by atoms with Crippen LogP contribution in [-0.4, -0.2) is 28.6 Å². The number of amides is 1. The fourth-order valence-corrected chi connectivity index (χ4v) is 1.19. The molecule has 0 fully saturated rings. The van der Waals surface area contributed by atoms with Crippen molar-refractivity contribution in [1.29, 1.82) is 0 Å². The molecule has 0 bridgehead atoms. The number of hydrogen-bond donors (Lipinski definition) is 2. The number of aliphatic hydroxyl groups excluding tert-OH is 1. The van der Waals surface area contributed by atoms with Crippen LogP contribution in [-0.2, 0) is 0 Å². The van der Waals surface area contributed by atoms with Crippen LogP contribution in [0.15, 0.2) is 11.7 Å². The lowest BCUT2D eigenvalue weighted by Gasteiger charge is -2.04. The first-order valence-electron chi connectivity index (χ1n) is 3.55. The Morgan fingerprint density at radius 3 is 3.17 bits per heavy atom. The molecule has 0 unspecified atom stereocenters. The van der Waals surface area contributed by atoms with Gasteiger partial charge in [0.05, 0.1) is 17.8 Å². The summed E-state index contributed by atoms with van der Waals surface area (Å²) in [5, 5.41) is 11.4. The van der Waals surface area contributed by atoms with Gasteiger partial charge in [0, 0.05) is 6.54 Å². The summed E-state index contributed by atoms with van der Waals surface area (Å²) in [7, 11) is 0. The van der Waals surface area contributed by atoms with Crippen LogP contribution in [0, 0.1) is 0 Å². The molecule has 0 aliphatic rings. The molecular formula is C7H10N2O2S. The molecular weight excluding hydrogens is 176 g/mol. The third-order valence-electron chi connectivity index (χ3n) is 1.21. The van der Waals surface area contributed by atoms with E-state index in [0.29, 0.717) is 4.88 Å². The van der Waals surface area contributed by atoms with E-state index >= 15 is 0 Å². The first-order chi connectivity index (χ1) is 5.70. The number of rotatable bonds is 3. The number of nitrogens with one attached hydrogen (secondary N) is 1. The number of carbonyl (C=O) groups is 1. The van der Waals surface area contributed by atoms with Gasteiger partial charge in [0.2, 0.25) is 0 Å². The Kier molecular flexibility index (Phi) is 3.19. The quantitative estimate of drug-likeness (QED) is 0.711. The van der Waals surface area contributed by atoms with Crippen molar-refractivity contribution in [2.45, 2.75) is 13.0 Å². The average molecular weight is 186 g/mol. The third-order valence-corrected chi connectivity index (χ3v) is 1.99. The van der Waals surface area contributed by atoms with Crippen molar-refractivity contribution in [3.63, 3.8) is 0 Å². The topological polar surface area (TPSA) is 62.2 Å². The molecule has 1 atom stereocenters. The fraction of sp³-hybridized carbons (Fsp3) is 0.429. The van der Waals surface area contributed by atoms with Crippen molar-refractivity contribution in [3.05, 3.63) is 16.6 Å². The minimum absolute atomic E-state index is 0.182. The van der Waals surface area contributed by atoms with E-state index in [2.05, 4.69) is 10.3 Å². The second kappa shape index (κ2) is 4.18. The minimum atomic E-state index is -0.512. The third kappa shape index (κ3) is 2.60. The zero-order valence-corrected chi connectivity index (χ0v) is 7.47. The second-order valence-electron chi connectivity index (χ2n) is 2.42. The number of aromatic nitrogens is 1. The van der Waals surface area contributed by atoms with Gasteiger partial charge in [-0.1, -0.05) is 0 Å². The number of hydrogen-bond acceptors (Lipinski definition) is 4. The second-order valence-corrected chi connectivity index (χ2v) is 3.31. The number of nitrogens with zero attached hydrogens (tertiary/aromatic N) is 1. The highest BCUT2D eigenvalue weighted by molar-refractivity contribution is 7.11. The van der Waals surface area contributed by atoms with E-state index < -0.39 is 6.10 Å². The summed E-state index contributed by atoms with van der Waals surface area (Å²) >= 11 is 1.28. The molecule has 2 N–H and O–H groups in total. The Balaban J connectivity index is 2.40. The van der Waals surface area contributed by atoms with Crippen LogP contribution in [0.5, 0.6) is 0 Å². The molecule has 5 heteroatoms. The maximum Gasteiger partial charge on any atom is 0.263 e. The van der Waals surface area contributed by atoms with Crippen molar-refractivity contribution >= 4 is 17.2 Å². The summed E-state index contributed by atoms with van der Waals surface area (Å²) in [5.41, 5.74) is 1.59. The van der Waals surface area contributed by atoms with Gasteiger partial charge in [-0.05, 0) is 6.92 Å². The Hall–Kier alpha value is -0.940. The fourth-order valence-electron chi connectivity index (χ4n) is 0.655. The van der Waals surface area contributed by atoms with Crippen LogP contribution in [0.2, 0.25) is 0 Å². The summed E-state index contributed by atoms with van der Waals surface area (Å²) in [4.78, 5) is 15.5. The highest BCUT2D eigenvalue weighted by Crippen LogP contribution is 2.04. The molecule has 0 radical (unpaired) electrons. The summed E-state index contributed by atoms with van der Waals surface area (Å²) in [6.07, 6.45) is 0.990. The number of carbonyl (C=O) groups excluding carboxylic acids is 1. The largest absolute Gasteiger partial charge is 0.392 e. The first kappa shape index (κ1) is 9.15. The van der Waals surface area contributed by atoms with Crippen molar-refractivity contribution in [2.24, 2.45) is 0 Å². The Morgan fingerprint density at radius 2 is 2.67 bits per heavy atom. The highest BCUT2D eigenvalue weighted by Gasteiger charge is 2.06. The van der Waals surface area contributed by atoms with E-state index in [1.54, 1.807) is 12.4 Å². The molecule has 0 saturated heterocycles. The van der Waals surface area contributed by atoms with Gasteiger partial charge in [0.15, 0.2) is 0 Å². The predicted octanol–water partition coefficient (Wildman–Crippen LogP) is 0.254. The maximum absolute atomic E-state index is 11.2. The van der Waals surface area contributed by atoms with Gasteiger partial charge in [0.1, 0.15) is 4.88 Å². The zero-order chi connectivity index (χ0) is 8.97. The molecule has 0 aromatic carbocycles. The first-order valence-corrected chi connectivity index (χ1v) is 4.43. The smallest absolute Gasteiger partial charge is 0.263 e. The zero-order valence-electron chi connectivity index (χ0n) is 6.65. The molecule has 0 saturated carbocycles. The maximum atomic E-state index is 11.2. The SMILES string of the molecule is C[C@@H](O)CNC(=O)c1cncs1. The van der Waals surface area contributed by atoms with E-state index in [1.807, 2.05) is 0 Å². The summed E-state index contributed by atoms with van der Waals surface area (Å²) in [6.45, 7) is 1.89. The van der Waals surface area contributed by atoms with Crippen LogP contribution in [0.1, 0.15) is 16.6 Å². The van der Waals surface area contributed by atoms with Crippen molar-refractivity contribution < 1.29 is 9.90 Å². The highest BCUT2D eigenvalue weighted by atomic mass is 32.1. The average Bonchev–Trinajstić information content (AvgIpc) is 2.51. The Morgan fingerprint density at radius 1 is 1.92 bits per heavy atom. The summed E-state index contributed by atoms with van der Waals surface area (Å²) < 4.78 is 0. The monoisotopic (exact) mass is 186 g/mol. The van der Waals surface area contributed by atoms with Crippen LogP contribution in [0.25, 0.3) is 0 Å². The molecule has 1 rings (SSSR count). The Labute approximate surface area is 74.3 Å². The molecule has 4 nitrogen and oxygen atoms in total. The Bertz CT molecular complexity index is 246. The molecule has 1 aromatic heterocycles. The van der Waals surface area contributed by atoms with Crippen molar-refractivity contribution in [1.82, 2.24) is 10.3 Å². The minimum Gasteiger partial charge on any atom is -0.392 e. The van der Waals surface area contributed by atoms with Crippen LogP contribution in [0.3, 0.4) is 0 Å². The molecule has 1 aromatic rings. The number of thiazole rings is 1.